The molecule has 1 aromatic rings. The summed E-state index contributed by atoms with van der Waals surface area (Å²) in [7, 11) is 0. The molecule has 6 heteroatoms. The Morgan fingerprint density at radius 2 is 1.79 bits per heavy atom. The smallest absolute Gasteiger partial charge is 0.368 e. The van der Waals surface area contributed by atoms with Crippen LogP contribution in [0.15, 0.2) is 24.3 Å². The molecule has 0 saturated heterocycles. The first-order valence-corrected chi connectivity index (χ1v) is 5.82. The second kappa shape index (κ2) is 5.21. The number of carbonyl (C=O) groups is 1. The third-order valence-corrected chi connectivity index (χ3v) is 2.84. The van der Waals surface area contributed by atoms with Crippen molar-refractivity contribution in [2.45, 2.75) is 38.5 Å². The molecule has 106 valence electrons. The van der Waals surface area contributed by atoms with Gasteiger partial charge in [-0.3, -0.25) is 10.1 Å². The lowest BCUT2D eigenvalue weighted by molar-refractivity contribution is -0.138. The van der Waals surface area contributed by atoms with Crippen molar-refractivity contribution in [2.75, 3.05) is 0 Å². The van der Waals surface area contributed by atoms with Gasteiger partial charge in [0.25, 0.3) is 0 Å². The van der Waals surface area contributed by atoms with Gasteiger partial charge in [0.2, 0.25) is 5.91 Å². The summed E-state index contributed by atoms with van der Waals surface area (Å²) in [4.78, 5) is 11.6. The Hall–Kier alpha value is -1.56. The number of nitrogens with two attached hydrogens (primary N) is 1. The summed E-state index contributed by atoms with van der Waals surface area (Å²) in [6, 6.07) is 4.52. The lowest BCUT2D eigenvalue weighted by Crippen LogP contribution is -2.52. The van der Waals surface area contributed by atoms with E-state index >= 15 is 0 Å². The summed E-state index contributed by atoms with van der Waals surface area (Å²) in [5.74, 6) is -0.722. The van der Waals surface area contributed by atoms with Gasteiger partial charge in [-0.2, -0.15) is 13.2 Å². The van der Waals surface area contributed by atoms with Gasteiger partial charge in [-0.25, -0.2) is 0 Å². The van der Waals surface area contributed by atoms with Crippen LogP contribution in [0, 0.1) is 0 Å². The van der Waals surface area contributed by atoms with Gasteiger partial charge in [-0.1, -0.05) is 12.1 Å². The molecule has 0 aliphatic rings. The third kappa shape index (κ3) is 3.47. The Kier molecular flexibility index (Phi) is 4.25. The predicted molar refractivity (Wildman–Crippen MR) is 66.3 cm³/mol. The molecule has 1 aromatic carbocycles. The van der Waals surface area contributed by atoms with Crippen LogP contribution in [0.3, 0.4) is 0 Å². The number of carbonyl (C=O) groups excluding carboxylic acids is 1. The Labute approximate surface area is 110 Å². The molecule has 1 rings (SSSR count). The topological polar surface area (TPSA) is 55.1 Å². The number of benzene rings is 1. The van der Waals surface area contributed by atoms with Crippen molar-refractivity contribution < 1.29 is 18.0 Å². The lowest BCUT2D eigenvalue weighted by Gasteiger charge is -2.30. The molecule has 0 aliphatic carbocycles. The fourth-order valence-corrected chi connectivity index (χ4v) is 1.88. The molecule has 0 aromatic heterocycles. The highest BCUT2D eigenvalue weighted by Gasteiger charge is 2.36. The molecule has 19 heavy (non-hydrogen) atoms. The summed E-state index contributed by atoms with van der Waals surface area (Å²) in [6.45, 7) is 5.05. The van der Waals surface area contributed by atoms with E-state index in [1.54, 1.807) is 13.8 Å². The predicted octanol–water partition coefficient (Wildman–Crippen LogP) is 2.40. The van der Waals surface area contributed by atoms with Crippen LogP contribution in [-0.2, 0) is 16.5 Å². The average Bonchev–Trinajstić information content (AvgIpc) is 2.26. The van der Waals surface area contributed by atoms with E-state index in [0.717, 1.165) is 12.1 Å². The first-order chi connectivity index (χ1) is 8.57. The Morgan fingerprint density at radius 1 is 1.26 bits per heavy atom. The minimum absolute atomic E-state index is 0.105. The van der Waals surface area contributed by atoms with Crippen LogP contribution in [-0.4, -0.2) is 11.9 Å². The van der Waals surface area contributed by atoms with E-state index in [-0.39, 0.29) is 11.6 Å². The molecule has 3 N–H and O–H groups in total. The van der Waals surface area contributed by atoms with Crippen molar-refractivity contribution in [3.8, 4) is 0 Å². The van der Waals surface area contributed by atoms with E-state index in [0.29, 0.717) is 0 Å². The van der Waals surface area contributed by atoms with E-state index in [9.17, 15) is 18.0 Å². The van der Waals surface area contributed by atoms with Gasteiger partial charge in [-0.15, -0.1) is 0 Å². The van der Waals surface area contributed by atoms with E-state index in [4.69, 9.17) is 5.73 Å². The van der Waals surface area contributed by atoms with Gasteiger partial charge in [-0.05, 0) is 38.5 Å². The van der Waals surface area contributed by atoms with Crippen molar-refractivity contribution in [1.29, 1.82) is 0 Å². The van der Waals surface area contributed by atoms with E-state index in [2.05, 4.69) is 5.32 Å². The number of amides is 1. The van der Waals surface area contributed by atoms with Crippen molar-refractivity contribution in [3.05, 3.63) is 35.4 Å². The number of hydrogen-bond donors (Lipinski definition) is 2. The zero-order chi connectivity index (χ0) is 14.8. The monoisotopic (exact) mass is 274 g/mol. The second-order valence-corrected chi connectivity index (χ2v) is 4.87. The zero-order valence-electron chi connectivity index (χ0n) is 11.0. The van der Waals surface area contributed by atoms with Gasteiger partial charge in [0, 0.05) is 6.04 Å². The van der Waals surface area contributed by atoms with E-state index in [1.165, 1.54) is 19.1 Å². The summed E-state index contributed by atoms with van der Waals surface area (Å²) >= 11 is 0. The molecular formula is C13H17F3N2O. The maximum atomic E-state index is 12.7. The molecule has 0 aliphatic heterocycles. The second-order valence-electron chi connectivity index (χ2n) is 4.87. The fraction of sp³-hybridized carbons (Fsp3) is 0.462. The molecule has 0 radical (unpaired) electrons. The van der Waals surface area contributed by atoms with Crippen LogP contribution < -0.4 is 11.1 Å². The fourth-order valence-electron chi connectivity index (χ4n) is 1.88. The van der Waals surface area contributed by atoms with Gasteiger partial charge in [0.1, 0.15) is 5.54 Å². The highest BCUT2D eigenvalue weighted by molar-refractivity contribution is 5.85. The minimum Gasteiger partial charge on any atom is -0.368 e. The largest absolute Gasteiger partial charge is 0.416 e. The number of primary amides is 1. The van der Waals surface area contributed by atoms with Crippen molar-refractivity contribution in [3.63, 3.8) is 0 Å². The SMILES string of the molecule is CC(C)NC(C)(C(N)=O)c1cccc(C(F)(F)F)c1. The molecule has 1 unspecified atom stereocenters. The number of rotatable bonds is 4. The lowest BCUT2D eigenvalue weighted by atomic mass is 9.89. The standard InChI is InChI=1S/C13H17F3N2O/c1-8(2)18-12(3,11(17)19)9-5-4-6-10(7-9)13(14,15)16/h4-8,18H,1-3H3,(H2,17,19). The van der Waals surface area contributed by atoms with E-state index < -0.39 is 23.2 Å². The minimum atomic E-state index is -4.45. The Bertz CT molecular complexity index is 471. The highest BCUT2D eigenvalue weighted by Crippen LogP contribution is 2.32. The highest BCUT2D eigenvalue weighted by atomic mass is 19.4. The molecule has 0 bridgehead atoms. The molecule has 3 nitrogen and oxygen atoms in total. The zero-order valence-corrected chi connectivity index (χ0v) is 11.0. The Balaban J connectivity index is 3.29. The maximum absolute atomic E-state index is 12.7. The van der Waals surface area contributed by atoms with Gasteiger partial charge < -0.3 is 5.73 Å². The molecule has 0 spiro atoms. The molecular weight excluding hydrogens is 257 g/mol. The van der Waals surface area contributed by atoms with Crippen LogP contribution in [0.1, 0.15) is 31.9 Å². The maximum Gasteiger partial charge on any atom is 0.416 e. The normalized spacial score (nSPS) is 15.3. The van der Waals surface area contributed by atoms with E-state index in [1.807, 2.05) is 0 Å². The molecule has 0 heterocycles. The quantitative estimate of drug-likeness (QED) is 0.885. The molecule has 0 fully saturated rings. The van der Waals surface area contributed by atoms with Crippen LogP contribution in [0.4, 0.5) is 13.2 Å². The van der Waals surface area contributed by atoms with Crippen LogP contribution in [0.2, 0.25) is 0 Å². The summed E-state index contributed by atoms with van der Waals surface area (Å²) in [5, 5.41) is 2.91. The first-order valence-electron chi connectivity index (χ1n) is 5.82. The summed E-state index contributed by atoms with van der Waals surface area (Å²) < 4.78 is 38.0. The third-order valence-electron chi connectivity index (χ3n) is 2.84. The number of hydrogen-bond acceptors (Lipinski definition) is 2. The first kappa shape index (κ1) is 15.5. The van der Waals surface area contributed by atoms with Gasteiger partial charge in [0.05, 0.1) is 5.56 Å². The van der Waals surface area contributed by atoms with Crippen molar-refractivity contribution in [1.82, 2.24) is 5.32 Å². The molecule has 1 amide bonds. The van der Waals surface area contributed by atoms with Gasteiger partial charge in [0.15, 0.2) is 0 Å². The van der Waals surface area contributed by atoms with Crippen molar-refractivity contribution in [2.24, 2.45) is 5.73 Å². The number of nitrogens with one attached hydrogen (secondary N) is 1. The summed E-state index contributed by atoms with van der Waals surface area (Å²) in [6.07, 6.45) is -4.45. The van der Waals surface area contributed by atoms with Crippen LogP contribution in [0.25, 0.3) is 0 Å². The number of alkyl halides is 3. The van der Waals surface area contributed by atoms with Gasteiger partial charge >= 0.3 is 6.18 Å². The van der Waals surface area contributed by atoms with Crippen molar-refractivity contribution >= 4 is 5.91 Å². The van der Waals surface area contributed by atoms with Crippen LogP contribution >= 0.6 is 0 Å². The molecule has 0 saturated carbocycles. The average molecular weight is 274 g/mol. The van der Waals surface area contributed by atoms with Crippen LogP contribution in [0.5, 0.6) is 0 Å². The Morgan fingerprint density at radius 3 is 2.21 bits per heavy atom. The number of halogens is 3. The molecule has 1 atom stereocenters. The summed E-state index contributed by atoms with van der Waals surface area (Å²) in [5.41, 5.74) is 3.38.